The average Bonchev–Trinajstić information content (AvgIpc) is 3.04. The first-order valence-electron chi connectivity index (χ1n) is 14.5. The summed E-state index contributed by atoms with van der Waals surface area (Å²) < 4.78 is 0. The summed E-state index contributed by atoms with van der Waals surface area (Å²) in [6.45, 7) is 4.57. The van der Waals surface area contributed by atoms with Crippen LogP contribution in [0.25, 0.3) is 66.1 Å². The van der Waals surface area contributed by atoms with Crippen molar-refractivity contribution >= 4 is 21.5 Å². The molecule has 0 atom stereocenters. The van der Waals surface area contributed by atoms with E-state index in [0.717, 1.165) is 6.42 Å². The third kappa shape index (κ3) is 4.24. The molecule has 0 heterocycles. The molecule has 0 heteroatoms. The van der Waals surface area contributed by atoms with Gasteiger partial charge in [0.05, 0.1) is 0 Å². The highest BCUT2D eigenvalue weighted by Gasteiger charge is 2.19. The van der Waals surface area contributed by atoms with Gasteiger partial charge in [0.1, 0.15) is 0 Å². The maximum atomic E-state index is 2.31. The maximum absolute atomic E-state index is 2.31. The van der Waals surface area contributed by atoms with E-state index in [9.17, 15) is 0 Å². The molecule has 0 N–H and O–H groups in total. The Morgan fingerprint density at radius 1 is 0.366 bits per heavy atom. The Morgan fingerprint density at radius 3 is 1.37 bits per heavy atom. The van der Waals surface area contributed by atoms with E-state index in [2.05, 4.69) is 159 Å². The fraction of sp³-hybridized carbons (Fsp3) is 0.0732. The first-order chi connectivity index (χ1) is 20.3. The fourth-order valence-corrected chi connectivity index (χ4v) is 6.64. The topological polar surface area (TPSA) is 0 Å². The van der Waals surface area contributed by atoms with E-state index in [0.29, 0.717) is 0 Å². The number of benzene rings is 7. The fourth-order valence-electron chi connectivity index (χ4n) is 6.64. The zero-order valence-electron chi connectivity index (χ0n) is 23.6. The lowest BCUT2D eigenvalue weighted by molar-refractivity contribution is 1.14. The largest absolute Gasteiger partial charge is 0.0622 e. The van der Waals surface area contributed by atoms with Crippen LogP contribution in [0.1, 0.15) is 18.1 Å². The first kappa shape index (κ1) is 25.1. The van der Waals surface area contributed by atoms with Crippen LogP contribution in [0.15, 0.2) is 146 Å². The van der Waals surface area contributed by atoms with Crippen LogP contribution in [0, 0.1) is 6.92 Å². The van der Waals surface area contributed by atoms with Crippen LogP contribution in [0.3, 0.4) is 0 Å². The number of fused-ring (bicyclic) bond motifs is 2. The lowest BCUT2D eigenvalue weighted by Gasteiger charge is -2.21. The third-order valence-corrected chi connectivity index (χ3v) is 8.50. The van der Waals surface area contributed by atoms with Gasteiger partial charge in [-0.1, -0.05) is 153 Å². The predicted octanol–water partition coefficient (Wildman–Crippen LogP) is 11.5. The van der Waals surface area contributed by atoms with Crippen LogP contribution < -0.4 is 0 Å². The van der Waals surface area contributed by atoms with E-state index < -0.39 is 0 Å². The Morgan fingerprint density at radius 2 is 0.805 bits per heavy atom. The number of hydrogen-bond donors (Lipinski definition) is 0. The van der Waals surface area contributed by atoms with Crippen molar-refractivity contribution in [3.8, 4) is 44.5 Å². The molecule has 0 saturated carbocycles. The van der Waals surface area contributed by atoms with Gasteiger partial charge in [-0.2, -0.15) is 0 Å². The Bertz CT molecular complexity index is 1960. The van der Waals surface area contributed by atoms with Gasteiger partial charge in [-0.3, -0.25) is 0 Å². The van der Waals surface area contributed by atoms with Gasteiger partial charge in [-0.15, -0.1) is 0 Å². The second-order valence-corrected chi connectivity index (χ2v) is 10.7. The number of rotatable bonds is 5. The third-order valence-electron chi connectivity index (χ3n) is 8.50. The van der Waals surface area contributed by atoms with E-state index in [4.69, 9.17) is 0 Å². The quantitative estimate of drug-likeness (QED) is 0.196. The molecule has 7 aromatic carbocycles. The van der Waals surface area contributed by atoms with Crippen LogP contribution in [-0.4, -0.2) is 0 Å². The SMILES string of the molecule is CCc1c(-c2ccccc2)cccc1-c1cccc(-c2c3ccccc3c(-c3ccccc3)c3ccccc23)c1C. The highest BCUT2D eigenvalue weighted by atomic mass is 14.2. The van der Waals surface area contributed by atoms with Crippen LogP contribution >= 0.6 is 0 Å². The summed E-state index contributed by atoms with van der Waals surface area (Å²) in [6, 6.07) is 53.0. The molecular weight excluding hydrogens is 492 g/mol. The summed E-state index contributed by atoms with van der Waals surface area (Å²) >= 11 is 0. The van der Waals surface area contributed by atoms with Gasteiger partial charge in [0.25, 0.3) is 0 Å². The van der Waals surface area contributed by atoms with Crippen LogP contribution in [0.2, 0.25) is 0 Å². The molecule has 196 valence electrons. The van der Waals surface area contributed by atoms with Crippen LogP contribution in [0.4, 0.5) is 0 Å². The summed E-state index contributed by atoms with van der Waals surface area (Å²) in [7, 11) is 0. The zero-order valence-corrected chi connectivity index (χ0v) is 23.6. The van der Waals surface area contributed by atoms with E-state index >= 15 is 0 Å². The van der Waals surface area contributed by atoms with Crippen molar-refractivity contribution in [3.63, 3.8) is 0 Å². The standard InChI is InChI=1S/C41H32/c1-3-31-34(29-16-6-4-7-17-29)26-15-27-35(31)32-24-14-25-33(28(32)2)41-38-22-12-10-20-36(38)40(30-18-8-5-9-19-30)37-21-11-13-23-39(37)41/h4-27H,3H2,1-2H3. The van der Waals surface area contributed by atoms with E-state index in [1.165, 1.54) is 77.2 Å². The summed E-state index contributed by atoms with van der Waals surface area (Å²) in [5, 5.41) is 5.16. The van der Waals surface area contributed by atoms with Crippen molar-refractivity contribution in [3.05, 3.63) is 157 Å². The second kappa shape index (κ2) is 10.6. The Balaban J connectivity index is 1.52. The minimum atomic E-state index is 0.974. The van der Waals surface area contributed by atoms with Gasteiger partial charge in [0.2, 0.25) is 0 Å². The predicted molar refractivity (Wildman–Crippen MR) is 177 cm³/mol. The molecule has 0 radical (unpaired) electrons. The van der Waals surface area contributed by atoms with Crippen LogP contribution in [-0.2, 0) is 6.42 Å². The molecule has 41 heavy (non-hydrogen) atoms. The molecule has 0 spiro atoms. The van der Waals surface area contributed by atoms with Gasteiger partial charge in [0, 0.05) is 0 Å². The lowest BCUT2D eigenvalue weighted by Crippen LogP contribution is -1.97. The monoisotopic (exact) mass is 524 g/mol. The maximum Gasteiger partial charge on any atom is -0.00235 e. The highest BCUT2D eigenvalue weighted by molar-refractivity contribution is 6.21. The average molecular weight is 525 g/mol. The van der Waals surface area contributed by atoms with Crippen molar-refractivity contribution < 1.29 is 0 Å². The van der Waals surface area contributed by atoms with Crippen molar-refractivity contribution in [1.82, 2.24) is 0 Å². The van der Waals surface area contributed by atoms with E-state index in [-0.39, 0.29) is 0 Å². The zero-order chi connectivity index (χ0) is 27.8. The second-order valence-electron chi connectivity index (χ2n) is 10.7. The minimum Gasteiger partial charge on any atom is -0.0622 e. The Labute approximate surface area is 242 Å². The van der Waals surface area contributed by atoms with Crippen molar-refractivity contribution in [2.75, 3.05) is 0 Å². The van der Waals surface area contributed by atoms with Crippen molar-refractivity contribution in [1.29, 1.82) is 0 Å². The molecule has 0 aliphatic carbocycles. The summed E-state index contributed by atoms with van der Waals surface area (Å²) in [4.78, 5) is 0. The lowest BCUT2D eigenvalue weighted by atomic mass is 9.82. The molecule has 0 bridgehead atoms. The molecule has 0 amide bonds. The van der Waals surface area contributed by atoms with Gasteiger partial charge in [-0.05, 0) is 90.5 Å². The molecule has 0 saturated heterocycles. The first-order valence-corrected chi connectivity index (χ1v) is 14.5. The minimum absolute atomic E-state index is 0.974. The highest BCUT2D eigenvalue weighted by Crippen LogP contribution is 2.46. The van der Waals surface area contributed by atoms with Gasteiger partial charge < -0.3 is 0 Å². The van der Waals surface area contributed by atoms with Gasteiger partial charge >= 0.3 is 0 Å². The van der Waals surface area contributed by atoms with E-state index in [1.807, 2.05) is 0 Å². The molecule has 0 nitrogen and oxygen atoms in total. The molecular formula is C41H32. The van der Waals surface area contributed by atoms with Gasteiger partial charge in [-0.25, -0.2) is 0 Å². The smallest absolute Gasteiger partial charge is 0.00235 e. The van der Waals surface area contributed by atoms with E-state index in [1.54, 1.807) is 0 Å². The Kier molecular flexibility index (Phi) is 6.45. The molecule has 0 aromatic heterocycles. The molecule has 0 aliphatic heterocycles. The van der Waals surface area contributed by atoms with Crippen molar-refractivity contribution in [2.24, 2.45) is 0 Å². The number of hydrogen-bond acceptors (Lipinski definition) is 0. The van der Waals surface area contributed by atoms with Crippen LogP contribution in [0.5, 0.6) is 0 Å². The molecule has 7 rings (SSSR count). The Hall–Kier alpha value is -4.94. The van der Waals surface area contributed by atoms with Gasteiger partial charge in [0.15, 0.2) is 0 Å². The summed E-state index contributed by atoms with van der Waals surface area (Å²) in [6.07, 6.45) is 0.974. The molecule has 0 fully saturated rings. The molecule has 0 unspecified atom stereocenters. The van der Waals surface area contributed by atoms with Crippen molar-refractivity contribution in [2.45, 2.75) is 20.3 Å². The summed E-state index contributed by atoms with van der Waals surface area (Å²) in [5.74, 6) is 0. The molecule has 7 aromatic rings. The molecule has 0 aliphatic rings. The normalized spacial score (nSPS) is 11.3. The summed E-state index contributed by atoms with van der Waals surface area (Å²) in [5.41, 5.74) is 13.1.